The van der Waals surface area contributed by atoms with Gasteiger partial charge in [-0.2, -0.15) is 0 Å². The maximum absolute atomic E-state index is 13.9. The van der Waals surface area contributed by atoms with E-state index < -0.39 is 0 Å². The van der Waals surface area contributed by atoms with Crippen LogP contribution >= 0.6 is 11.3 Å². The van der Waals surface area contributed by atoms with E-state index in [1.165, 1.54) is 11.3 Å². The van der Waals surface area contributed by atoms with Gasteiger partial charge in [-0.1, -0.05) is 89.7 Å². The summed E-state index contributed by atoms with van der Waals surface area (Å²) < 4.78 is 1.63. The molecule has 0 unspecified atom stereocenters. The Labute approximate surface area is 222 Å². The minimum absolute atomic E-state index is 0.170. The van der Waals surface area contributed by atoms with E-state index in [1.807, 2.05) is 97.9 Å². The number of carbonyl (C=O) groups is 1. The first-order valence-corrected chi connectivity index (χ1v) is 12.9. The lowest BCUT2D eigenvalue weighted by molar-refractivity contribution is 0.102. The number of aryl methyl sites for hydroxylation is 1. The summed E-state index contributed by atoms with van der Waals surface area (Å²) in [5, 5.41) is 3.88. The second-order valence-electron chi connectivity index (χ2n) is 8.81. The molecule has 0 radical (unpaired) electrons. The van der Waals surface area contributed by atoms with Gasteiger partial charge in [0.1, 0.15) is 4.88 Å². The smallest absolute Gasteiger partial charge is 0.266 e. The molecule has 0 atom stereocenters. The Hall–Kier alpha value is -4.88. The number of rotatable bonds is 5. The Balaban J connectivity index is 1.59. The van der Waals surface area contributed by atoms with Gasteiger partial charge in [0.15, 0.2) is 11.0 Å². The fraction of sp³-hybridized carbons (Fsp3) is 0.0323. The van der Waals surface area contributed by atoms with Crippen LogP contribution in [0, 0.1) is 6.92 Å². The zero-order valence-electron chi connectivity index (χ0n) is 20.5. The van der Waals surface area contributed by atoms with Gasteiger partial charge in [-0.05, 0) is 43.3 Å². The van der Waals surface area contributed by atoms with Crippen molar-refractivity contribution in [3.8, 4) is 27.6 Å². The van der Waals surface area contributed by atoms with E-state index in [1.54, 1.807) is 22.8 Å². The summed E-state index contributed by atoms with van der Waals surface area (Å²) in [5.41, 5.74) is 4.25. The predicted molar refractivity (Wildman–Crippen MR) is 153 cm³/mol. The summed E-state index contributed by atoms with van der Waals surface area (Å²) in [6.45, 7) is 2.00. The van der Waals surface area contributed by atoms with Crippen molar-refractivity contribution in [1.82, 2.24) is 14.5 Å². The molecule has 4 aromatic carbocycles. The first-order valence-electron chi connectivity index (χ1n) is 12.1. The summed E-state index contributed by atoms with van der Waals surface area (Å²) >= 11 is 1.29. The first kappa shape index (κ1) is 23.5. The van der Waals surface area contributed by atoms with E-state index in [2.05, 4.69) is 5.32 Å². The highest BCUT2D eigenvalue weighted by Gasteiger charge is 2.23. The van der Waals surface area contributed by atoms with Gasteiger partial charge in [-0.3, -0.25) is 19.5 Å². The molecular weight excluding hydrogens is 492 g/mol. The number of hydrogen-bond acceptors (Lipinski definition) is 5. The summed E-state index contributed by atoms with van der Waals surface area (Å²) in [6.07, 6.45) is 0. The third kappa shape index (κ3) is 4.40. The van der Waals surface area contributed by atoms with Crippen LogP contribution in [0.2, 0.25) is 0 Å². The van der Waals surface area contributed by atoms with Crippen molar-refractivity contribution in [2.24, 2.45) is 0 Å². The van der Waals surface area contributed by atoms with Crippen LogP contribution in [0.3, 0.4) is 0 Å². The third-order valence-corrected chi connectivity index (χ3v) is 7.17. The highest BCUT2D eigenvalue weighted by Crippen LogP contribution is 2.39. The lowest BCUT2D eigenvalue weighted by atomic mass is 10.1. The number of fused-ring (bicyclic) bond motifs is 1. The molecule has 0 aliphatic carbocycles. The average Bonchev–Trinajstić information content (AvgIpc) is 3.38. The molecule has 0 spiro atoms. The van der Waals surface area contributed by atoms with Crippen LogP contribution in [0.25, 0.3) is 38.5 Å². The molecule has 6 aromatic rings. The van der Waals surface area contributed by atoms with Gasteiger partial charge in [0.25, 0.3) is 11.5 Å². The largest absolute Gasteiger partial charge is 0.298 e. The van der Waals surface area contributed by atoms with Crippen molar-refractivity contribution >= 4 is 33.3 Å². The van der Waals surface area contributed by atoms with E-state index in [4.69, 9.17) is 9.97 Å². The van der Waals surface area contributed by atoms with Crippen LogP contribution in [0.1, 0.15) is 15.9 Å². The van der Waals surface area contributed by atoms with Crippen LogP contribution in [-0.4, -0.2) is 20.4 Å². The number of anilines is 1. The van der Waals surface area contributed by atoms with Gasteiger partial charge >= 0.3 is 0 Å². The topological polar surface area (TPSA) is 76.9 Å². The lowest BCUT2D eigenvalue weighted by Crippen LogP contribution is -2.21. The zero-order chi connectivity index (χ0) is 26.1. The number of thiazole rings is 1. The lowest BCUT2D eigenvalue weighted by Gasteiger charge is -2.14. The number of amides is 1. The molecule has 6 nitrogen and oxygen atoms in total. The molecule has 0 bridgehead atoms. The maximum atomic E-state index is 13.9. The predicted octanol–water partition coefficient (Wildman–Crippen LogP) is 6.74. The molecule has 2 aromatic heterocycles. The van der Waals surface area contributed by atoms with Crippen LogP contribution in [-0.2, 0) is 0 Å². The maximum Gasteiger partial charge on any atom is 0.266 e. The monoisotopic (exact) mass is 514 g/mol. The Kier molecular flexibility index (Phi) is 6.11. The molecule has 0 saturated carbocycles. The number of aromatic nitrogens is 3. The number of benzene rings is 4. The molecule has 38 heavy (non-hydrogen) atoms. The molecule has 184 valence electrons. The number of nitrogens with one attached hydrogen (secondary N) is 1. The molecule has 0 saturated heterocycles. The van der Waals surface area contributed by atoms with Crippen LogP contribution < -0.4 is 10.9 Å². The van der Waals surface area contributed by atoms with Gasteiger partial charge < -0.3 is 0 Å². The van der Waals surface area contributed by atoms with E-state index in [0.29, 0.717) is 43.7 Å². The van der Waals surface area contributed by atoms with Gasteiger partial charge in [0.05, 0.1) is 22.3 Å². The normalized spacial score (nSPS) is 11.0. The Morgan fingerprint density at radius 1 is 0.789 bits per heavy atom. The van der Waals surface area contributed by atoms with Crippen molar-refractivity contribution in [2.75, 3.05) is 5.32 Å². The Morgan fingerprint density at radius 3 is 2.18 bits per heavy atom. The highest BCUT2D eigenvalue weighted by molar-refractivity contribution is 7.19. The summed E-state index contributed by atoms with van der Waals surface area (Å²) in [4.78, 5) is 37.3. The van der Waals surface area contributed by atoms with Gasteiger partial charge in [0, 0.05) is 11.1 Å². The molecule has 0 aliphatic heterocycles. The molecule has 2 heterocycles. The fourth-order valence-electron chi connectivity index (χ4n) is 4.29. The van der Waals surface area contributed by atoms with Gasteiger partial charge in [-0.25, -0.2) is 9.97 Å². The van der Waals surface area contributed by atoms with E-state index in [0.717, 1.165) is 11.1 Å². The average molecular weight is 515 g/mol. The standard InChI is InChI=1S/C31H22N4O2S/c1-20-16-18-23(19-17-20)35-28(32-25-15-9-8-14-24(25)30(35)37)27-26(21-10-4-2-5-11-21)33-31(38-27)34-29(36)22-12-6-3-7-13-22/h2-19H,1H3,(H,33,34,36). The summed E-state index contributed by atoms with van der Waals surface area (Å²) in [7, 11) is 0. The van der Waals surface area contributed by atoms with Crippen molar-refractivity contribution in [1.29, 1.82) is 0 Å². The van der Waals surface area contributed by atoms with Crippen molar-refractivity contribution < 1.29 is 4.79 Å². The first-order chi connectivity index (χ1) is 18.6. The summed E-state index contributed by atoms with van der Waals surface area (Å²) in [5.74, 6) is 0.210. The van der Waals surface area contributed by atoms with E-state index >= 15 is 0 Å². The van der Waals surface area contributed by atoms with E-state index in [-0.39, 0.29) is 11.5 Å². The van der Waals surface area contributed by atoms with Crippen molar-refractivity contribution in [3.63, 3.8) is 0 Å². The SMILES string of the molecule is Cc1ccc(-n2c(-c3sc(NC(=O)c4ccccc4)nc3-c3ccccc3)nc3ccccc3c2=O)cc1. The second kappa shape index (κ2) is 9.88. The highest BCUT2D eigenvalue weighted by atomic mass is 32.1. The number of para-hydroxylation sites is 1. The van der Waals surface area contributed by atoms with Crippen LogP contribution in [0.5, 0.6) is 0 Å². The molecule has 0 fully saturated rings. The van der Waals surface area contributed by atoms with Gasteiger partial charge in [0.2, 0.25) is 0 Å². The van der Waals surface area contributed by atoms with Crippen LogP contribution in [0.15, 0.2) is 114 Å². The molecule has 1 amide bonds. The minimum atomic E-state index is -0.257. The van der Waals surface area contributed by atoms with Crippen molar-refractivity contribution in [3.05, 3.63) is 131 Å². The minimum Gasteiger partial charge on any atom is -0.298 e. The Morgan fingerprint density at radius 2 is 1.45 bits per heavy atom. The number of hydrogen-bond donors (Lipinski definition) is 1. The Bertz CT molecular complexity index is 1830. The molecule has 7 heteroatoms. The molecule has 6 rings (SSSR count). The molecule has 0 aliphatic rings. The quantitative estimate of drug-likeness (QED) is 0.277. The third-order valence-electron chi connectivity index (χ3n) is 6.20. The van der Waals surface area contributed by atoms with Gasteiger partial charge in [-0.15, -0.1) is 0 Å². The molecule has 1 N–H and O–H groups in total. The second-order valence-corrected chi connectivity index (χ2v) is 9.81. The number of nitrogens with zero attached hydrogens (tertiary/aromatic N) is 3. The summed E-state index contributed by atoms with van der Waals surface area (Å²) in [6, 6.07) is 33.8. The van der Waals surface area contributed by atoms with Crippen molar-refractivity contribution in [2.45, 2.75) is 6.92 Å². The van der Waals surface area contributed by atoms with E-state index in [9.17, 15) is 9.59 Å². The number of carbonyl (C=O) groups excluding carboxylic acids is 1. The fourth-order valence-corrected chi connectivity index (χ4v) is 5.26. The zero-order valence-corrected chi connectivity index (χ0v) is 21.3. The van der Waals surface area contributed by atoms with Crippen LogP contribution in [0.4, 0.5) is 5.13 Å². The molecular formula is C31H22N4O2S.